The normalized spacial score (nSPS) is 17.3. The number of halogens is 3. The molecular weight excluding hydrogens is 413 g/mol. The van der Waals surface area contributed by atoms with Crippen molar-refractivity contribution in [1.82, 2.24) is 15.2 Å². The highest BCUT2D eigenvalue weighted by Gasteiger charge is 2.26. The molecule has 0 aliphatic carbocycles. The Kier molecular flexibility index (Phi) is 7.95. The molecule has 1 aliphatic heterocycles. The lowest BCUT2D eigenvalue weighted by molar-refractivity contribution is 0.140. The first-order chi connectivity index (χ1) is 11.8. The number of piperazine rings is 1. The van der Waals surface area contributed by atoms with Crippen LogP contribution in [0.4, 0.5) is 0 Å². The fraction of sp³-hybridized carbons (Fsp3) is 0.278. The van der Waals surface area contributed by atoms with E-state index in [0.29, 0.717) is 6.54 Å². The fourth-order valence-electron chi connectivity index (χ4n) is 3.08. The van der Waals surface area contributed by atoms with Crippen LogP contribution in [0.3, 0.4) is 0 Å². The number of hydrogen-bond acceptors (Lipinski definition) is 5. The summed E-state index contributed by atoms with van der Waals surface area (Å²) >= 11 is 8.07. The monoisotopic (exact) mass is 431 g/mol. The minimum atomic E-state index is 0. The van der Waals surface area contributed by atoms with E-state index in [2.05, 4.69) is 21.3 Å². The molecule has 0 bridgehead atoms. The van der Waals surface area contributed by atoms with Gasteiger partial charge < -0.3 is 9.73 Å². The van der Waals surface area contributed by atoms with Crippen LogP contribution < -0.4 is 5.32 Å². The summed E-state index contributed by atoms with van der Waals surface area (Å²) in [5.74, 6) is 1.58. The second kappa shape index (κ2) is 9.74. The number of hydrogen-bond donors (Lipinski definition) is 1. The Hall–Kier alpha value is -1.08. The van der Waals surface area contributed by atoms with Gasteiger partial charge in [-0.25, -0.2) is 4.98 Å². The first kappa shape index (κ1) is 21.2. The average molecular weight is 433 g/mol. The van der Waals surface area contributed by atoms with Gasteiger partial charge >= 0.3 is 0 Å². The second-order valence-corrected chi connectivity index (χ2v) is 7.16. The van der Waals surface area contributed by atoms with Gasteiger partial charge in [0.1, 0.15) is 0 Å². The molecule has 26 heavy (non-hydrogen) atoms. The predicted molar refractivity (Wildman–Crippen MR) is 112 cm³/mol. The zero-order chi connectivity index (χ0) is 16.4. The summed E-state index contributed by atoms with van der Waals surface area (Å²) in [5, 5.41) is 6.31. The Morgan fingerprint density at radius 3 is 2.85 bits per heavy atom. The number of oxazole rings is 1. The van der Waals surface area contributed by atoms with Crippen LogP contribution in [0.25, 0.3) is 10.6 Å². The van der Waals surface area contributed by atoms with Crippen LogP contribution in [0, 0.1) is 0 Å². The van der Waals surface area contributed by atoms with E-state index in [4.69, 9.17) is 16.0 Å². The Bertz CT molecular complexity index is 810. The minimum Gasteiger partial charge on any atom is -0.438 e. The Balaban J connectivity index is 0.00000121. The molecule has 3 aromatic rings. The van der Waals surface area contributed by atoms with Gasteiger partial charge in [0.05, 0.1) is 17.6 Å². The third-order valence-electron chi connectivity index (χ3n) is 4.27. The molecule has 140 valence electrons. The first-order valence-corrected chi connectivity index (χ1v) is 9.25. The van der Waals surface area contributed by atoms with Gasteiger partial charge in [-0.15, -0.1) is 36.2 Å². The molecule has 1 N–H and O–H groups in total. The molecule has 3 heterocycles. The Labute approximate surface area is 174 Å². The SMILES string of the molecule is Cl.Cl.Clc1ccccc1C1CNCCN1Cc1ncc(-c2cccs2)o1. The van der Waals surface area contributed by atoms with Gasteiger partial charge in [-0.2, -0.15) is 0 Å². The van der Waals surface area contributed by atoms with Crippen molar-refractivity contribution in [2.24, 2.45) is 0 Å². The molecule has 1 atom stereocenters. The van der Waals surface area contributed by atoms with Crippen molar-refractivity contribution in [2.75, 3.05) is 19.6 Å². The third kappa shape index (κ3) is 4.60. The number of thiophene rings is 1. The summed E-state index contributed by atoms with van der Waals surface area (Å²) in [6.07, 6.45) is 1.81. The van der Waals surface area contributed by atoms with E-state index in [1.807, 2.05) is 41.9 Å². The highest BCUT2D eigenvalue weighted by Crippen LogP contribution is 2.30. The minimum absolute atomic E-state index is 0. The molecule has 8 heteroatoms. The smallest absolute Gasteiger partial charge is 0.209 e. The van der Waals surface area contributed by atoms with Gasteiger partial charge in [0.15, 0.2) is 5.76 Å². The molecule has 4 rings (SSSR count). The number of nitrogens with one attached hydrogen (secondary N) is 1. The van der Waals surface area contributed by atoms with Crippen LogP contribution in [0.1, 0.15) is 17.5 Å². The van der Waals surface area contributed by atoms with E-state index in [0.717, 1.165) is 46.7 Å². The highest BCUT2D eigenvalue weighted by molar-refractivity contribution is 7.13. The van der Waals surface area contributed by atoms with E-state index in [1.54, 1.807) is 11.3 Å². The molecule has 0 spiro atoms. The van der Waals surface area contributed by atoms with Crippen molar-refractivity contribution in [1.29, 1.82) is 0 Å². The molecule has 1 aromatic carbocycles. The van der Waals surface area contributed by atoms with E-state index in [-0.39, 0.29) is 30.9 Å². The van der Waals surface area contributed by atoms with Crippen molar-refractivity contribution in [3.63, 3.8) is 0 Å². The number of rotatable bonds is 4. The van der Waals surface area contributed by atoms with Gasteiger partial charge in [-0.05, 0) is 23.1 Å². The maximum atomic E-state index is 6.41. The number of nitrogens with zero attached hydrogens (tertiary/aromatic N) is 2. The maximum Gasteiger partial charge on any atom is 0.209 e. The van der Waals surface area contributed by atoms with Crippen molar-refractivity contribution in [3.05, 3.63) is 64.5 Å². The third-order valence-corrected chi connectivity index (χ3v) is 5.50. The summed E-state index contributed by atoms with van der Waals surface area (Å²) in [4.78, 5) is 7.95. The van der Waals surface area contributed by atoms with Crippen LogP contribution in [0.2, 0.25) is 5.02 Å². The fourth-order valence-corrected chi connectivity index (χ4v) is 4.01. The van der Waals surface area contributed by atoms with Gasteiger partial charge in [0.25, 0.3) is 0 Å². The lowest BCUT2D eigenvalue weighted by Crippen LogP contribution is -2.45. The maximum absolute atomic E-state index is 6.41. The van der Waals surface area contributed by atoms with Crippen LogP contribution in [0.5, 0.6) is 0 Å². The second-order valence-electron chi connectivity index (χ2n) is 5.81. The van der Waals surface area contributed by atoms with Crippen LogP contribution in [-0.2, 0) is 6.54 Å². The van der Waals surface area contributed by atoms with Gasteiger partial charge in [-0.3, -0.25) is 4.90 Å². The molecule has 1 saturated heterocycles. The van der Waals surface area contributed by atoms with Crippen LogP contribution in [-0.4, -0.2) is 29.5 Å². The topological polar surface area (TPSA) is 41.3 Å². The lowest BCUT2D eigenvalue weighted by atomic mass is 10.0. The standard InChI is InChI=1S/C18H18ClN3OS.2ClH/c19-14-5-2-1-4-13(14)15-10-20-7-8-22(15)12-18-21-11-16(23-18)17-6-3-9-24-17;;/h1-6,9,11,15,20H,7-8,10,12H2;2*1H. The first-order valence-electron chi connectivity index (χ1n) is 7.99. The average Bonchev–Trinajstić information content (AvgIpc) is 3.27. The summed E-state index contributed by atoms with van der Waals surface area (Å²) in [5.41, 5.74) is 1.15. The highest BCUT2D eigenvalue weighted by atomic mass is 35.5. The van der Waals surface area contributed by atoms with Crippen molar-refractivity contribution < 1.29 is 4.42 Å². The van der Waals surface area contributed by atoms with Crippen LogP contribution in [0.15, 0.2) is 52.4 Å². The Morgan fingerprint density at radius 2 is 2.08 bits per heavy atom. The summed E-state index contributed by atoms with van der Waals surface area (Å²) in [7, 11) is 0. The van der Waals surface area contributed by atoms with E-state index >= 15 is 0 Å². The number of benzene rings is 1. The van der Waals surface area contributed by atoms with Crippen molar-refractivity contribution in [2.45, 2.75) is 12.6 Å². The molecule has 0 saturated carbocycles. The quantitative estimate of drug-likeness (QED) is 0.626. The lowest BCUT2D eigenvalue weighted by Gasteiger charge is -2.36. The van der Waals surface area contributed by atoms with E-state index in [9.17, 15) is 0 Å². The van der Waals surface area contributed by atoms with E-state index < -0.39 is 0 Å². The molecule has 0 radical (unpaired) electrons. The molecular formula is C18H20Cl3N3OS. The van der Waals surface area contributed by atoms with Gasteiger partial charge in [0.2, 0.25) is 5.89 Å². The predicted octanol–water partition coefficient (Wildman–Crippen LogP) is 5.05. The van der Waals surface area contributed by atoms with E-state index in [1.165, 1.54) is 0 Å². The summed E-state index contributed by atoms with van der Waals surface area (Å²) in [6.45, 7) is 3.46. The molecule has 1 aliphatic rings. The largest absolute Gasteiger partial charge is 0.438 e. The molecule has 1 unspecified atom stereocenters. The molecule has 4 nitrogen and oxygen atoms in total. The molecule has 2 aromatic heterocycles. The van der Waals surface area contributed by atoms with Gasteiger partial charge in [-0.1, -0.05) is 35.9 Å². The zero-order valence-corrected chi connectivity index (χ0v) is 17.1. The number of aromatic nitrogens is 1. The summed E-state index contributed by atoms with van der Waals surface area (Å²) in [6, 6.07) is 12.3. The molecule has 1 fully saturated rings. The zero-order valence-electron chi connectivity index (χ0n) is 13.9. The molecule has 0 amide bonds. The summed E-state index contributed by atoms with van der Waals surface area (Å²) < 4.78 is 5.95. The Morgan fingerprint density at radius 1 is 1.23 bits per heavy atom. The van der Waals surface area contributed by atoms with Crippen LogP contribution >= 0.6 is 47.8 Å². The van der Waals surface area contributed by atoms with Crippen molar-refractivity contribution in [3.8, 4) is 10.6 Å². The van der Waals surface area contributed by atoms with Gasteiger partial charge in [0, 0.05) is 30.7 Å². The van der Waals surface area contributed by atoms with Crippen molar-refractivity contribution >= 4 is 47.8 Å².